The smallest absolute Gasteiger partial charge is 0.168 e. The third-order valence-corrected chi connectivity index (χ3v) is 3.55. The van der Waals surface area contributed by atoms with Gasteiger partial charge in [-0.05, 0) is 19.4 Å². The highest BCUT2D eigenvalue weighted by molar-refractivity contribution is 6.02. The second-order valence-electron chi connectivity index (χ2n) is 5.20. The van der Waals surface area contributed by atoms with E-state index >= 15 is 0 Å². The maximum Gasteiger partial charge on any atom is 0.168 e. The van der Waals surface area contributed by atoms with Crippen LogP contribution in [0.3, 0.4) is 0 Å². The van der Waals surface area contributed by atoms with Gasteiger partial charge in [-0.2, -0.15) is 5.10 Å². The van der Waals surface area contributed by atoms with Gasteiger partial charge in [0.15, 0.2) is 6.29 Å². The van der Waals surface area contributed by atoms with E-state index in [1.807, 2.05) is 12.1 Å². The van der Waals surface area contributed by atoms with Gasteiger partial charge in [-0.25, -0.2) is 0 Å². The average Bonchev–Trinajstić information content (AvgIpc) is 2.72. The molecular weight excluding hydrogens is 248 g/mol. The van der Waals surface area contributed by atoms with Crippen LogP contribution < -0.4 is 0 Å². The summed E-state index contributed by atoms with van der Waals surface area (Å²) in [7, 11) is 1.80. The second-order valence-corrected chi connectivity index (χ2v) is 5.20. The molecule has 1 aromatic heterocycles. The summed E-state index contributed by atoms with van der Waals surface area (Å²) >= 11 is 0. The van der Waals surface area contributed by atoms with Crippen LogP contribution in [0, 0.1) is 13.8 Å². The van der Waals surface area contributed by atoms with Gasteiger partial charge in [0, 0.05) is 18.0 Å². The van der Waals surface area contributed by atoms with Crippen molar-refractivity contribution >= 4 is 17.2 Å². The topological polar surface area (TPSA) is 34.9 Å². The zero-order valence-electron chi connectivity index (χ0n) is 11.8. The summed E-state index contributed by atoms with van der Waals surface area (Å²) < 4.78 is 1.64. The van der Waals surface area contributed by atoms with Gasteiger partial charge in [0.05, 0.1) is 0 Å². The Hall–Kier alpha value is -2.42. The van der Waals surface area contributed by atoms with Crippen LogP contribution in [0.4, 0.5) is 0 Å². The normalized spacial score (nSPS) is 10.9. The van der Waals surface area contributed by atoms with E-state index in [0.717, 1.165) is 28.3 Å². The molecule has 3 heteroatoms. The molecule has 3 rings (SSSR count). The van der Waals surface area contributed by atoms with Crippen molar-refractivity contribution in [3.8, 4) is 11.1 Å². The SMILES string of the molecule is Cc1cc(C)cc(-c2cccc3c(C=O)n(C)nc23)c1. The quantitative estimate of drug-likeness (QED) is 0.662. The number of nitrogens with zero attached hydrogens (tertiary/aromatic N) is 2. The van der Waals surface area contributed by atoms with Crippen LogP contribution in [0.2, 0.25) is 0 Å². The fourth-order valence-corrected chi connectivity index (χ4v) is 2.74. The lowest BCUT2D eigenvalue weighted by atomic mass is 9.98. The van der Waals surface area contributed by atoms with Gasteiger partial charge in [-0.15, -0.1) is 0 Å². The Morgan fingerprint density at radius 2 is 1.80 bits per heavy atom. The summed E-state index contributed by atoms with van der Waals surface area (Å²) in [6.45, 7) is 4.18. The molecule has 2 aromatic carbocycles. The monoisotopic (exact) mass is 264 g/mol. The Balaban J connectivity index is 2.34. The van der Waals surface area contributed by atoms with Crippen molar-refractivity contribution in [2.75, 3.05) is 0 Å². The van der Waals surface area contributed by atoms with Crippen LogP contribution in [0.5, 0.6) is 0 Å². The van der Waals surface area contributed by atoms with Crippen molar-refractivity contribution < 1.29 is 4.79 Å². The van der Waals surface area contributed by atoms with Crippen molar-refractivity contribution in [2.45, 2.75) is 13.8 Å². The maximum absolute atomic E-state index is 11.2. The fraction of sp³-hybridized carbons (Fsp3) is 0.176. The molecule has 0 spiro atoms. The standard InChI is InChI=1S/C17H16N2O/c1-11-7-12(2)9-13(8-11)14-5-4-6-15-16(10-20)19(3)18-17(14)15/h4-10H,1-3H3. The minimum Gasteiger partial charge on any atom is -0.296 e. The number of aldehydes is 1. The first-order valence-electron chi connectivity index (χ1n) is 6.59. The largest absolute Gasteiger partial charge is 0.296 e. The van der Waals surface area contributed by atoms with E-state index < -0.39 is 0 Å². The van der Waals surface area contributed by atoms with Crippen molar-refractivity contribution in [3.63, 3.8) is 0 Å². The summed E-state index contributed by atoms with van der Waals surface area (Å²) in [6, 6.07) is 12.4. The molecule has 3 aromatic rings. The predicted molar refractivity (Wildman–Crippen MR) is 81.0 cm³/mol. The van der Waals surface area contributed by atoms with Gasteiger partial charge in [0.2, 0.25) is 0 Å². The average molecular weight is 264 g/mol. The second kappa shape index (κ2) is 4.60. The van der Waals surface area contributed by atoms with Crippen molar-refractivity contribution in [1.29, 1.82) is 0 Å². The zero-order valence-corrected chi connectivity index (χ0v) is 11.8. The number of benzene rings is 2. The number of carbonyl (C=O) groups excluding carboxylic acids is 1. The molecule has 0 aliphatic rings. The Morgan fingerprint density at radius 3 is 2.45 bits per heavy atom. The molecule has 0 saturated carbocycles. The van der Waals surface area contributed by atoms with E-state index in [4.69, 9.17) is 0 Å². The Bertz CT molecular complexity index is 795. The highest BCUT2D eigenvalue weighted by Gasteiger charge is 2.12. The van der Waals surface area contributed by atoms with Crippen LogP contribution in [-0.4, -0.2) is 16.1 Å². The molecule has 0 amide bonds. The van der Waals surface area contributed by atoms with Crippen molar-refractivity contribution in [3.05, 3.63) is 53.2 Å². The number of fused-ring (bicyclic) bond motifs is 1. The predicted octanol–water partition coefficient (Wildman–Crippen LogP) is 3.67. The molecule has 0 unspecified atom stereocenters. The molecule has 1 heterocycles. The molecule has 0 aliphatic carbocycles. The van der Waals surface area contributed by atoms with Crippen LogP contribution in [0.15, 0.2) is 36.4 Å². The number of carbonyl (C=O) groups is 1. The van der Waals surface area contributed by atoms with E-state index in [1.54, 1.807) is 11.7 Å². The lowest BCUT2D eigenvalue weighted by Gasteiger charge is -2.06. The third-order valence-electron chi connectivity index (χ3n) is 3.55. The number of hydrogen-bond donors (Lipinski definition) is 0. The first-order chi connectivity index (χ1) is 9.60. The van der Waals surface area contributed by atoms with Gasteiger partial charge in [0.25, 0.3) is 0 Å². The third kappa shape index (κ3) is 1.92. The van der Waals surface area contributed by atoms with Crippen LogP contribution in [0.1, 0.15) is 21.6 Å². The minimum absolute atomic E-state index is 0.617. The van der Waals surface area contributed by atoms with Crippen molar-refractivity contribution in [1.82, 2.24) is 9.78 Å². The molecule has 100 valence electrons. The van der Waals surface area contributed by atoms with Crippen LogP contribution in [-0.2, 0) is 7.05 Å². The molecule has 0 bridgehead atoms. The van der Waals surface area contributed by atoms with E-state index in [0.29, 0.717) is 5.69 Å². The maximum atomic E-state index is 11.2. The summed E-state index contributed by atoms with van der Waals surface area (Å²) in [4.78, 5) is 11.2. The Kier molecular flexibility index (Phi) is 2.90. The summed E-state index contributed by atoms with van der Waals surface area (Å²) in [5.74, 6) is 0. The van der Waals surface area contributed by atoms with Crippen LogP contribution >= 0.6 is 0 Å². The molecule has 0 fully saturated rings. The molecule has 0 atom stereocenters. The number of aryl methyl sites for hydroxylation is 3. The van der Waals surface area contributed by atoms with E-state index in [2.05, 4.69) is 43.2 Å². The van der Waals surface area contributed by atoms with Crippen LogP contribution in [0.25, 0.3) is 22.0 Å². The molecule has 0 radical (unpaired) electrons. The van der Waals surface area contributed by atoms with Crippen molar-refractivity contribution in [2.24, 2.45) is 7.05 Å². The number of aromatic nitrogens is 2. The molecule has 0 saturated heterocycles. The molecular formula is C17H16N2O. The zero-order chi connectivity index (χ0) is 14.3. The lowest BCUT2D eigenvalue weighted by Crippen LogP contribution is -1.95. The highest BCUT2D eigenvalue weighted by Crippen LogP contribution is 2.30. The lowest BCUT2D eigenvalue weighted by molar-refractivity contribution is 0.111. The Labute approximate surface area is 117 Å². The minimum atomic E-state index is 0.617. The fourth-order valence-electron chi connectivity index (χ4n) is 2.74. The number of rotatable bonds is 2. The first-order valence-corrected chi connectivity index (χ1v) is 6.59. The van der Waals surface area contributed by atoms with Gasteiger partial charge in [-0.3, -0.25) is 9.48 Å². The summed E-state index contributed by atoms with van der Waals surface area (Å²) in [6.07, 6.45) is 0.862. The molecule has 20 heavy (non-hydrogen) atoms. The van der Waals surface area contributed by atoms with E-state index in [9.17, 15) is 4.79 Å². The van der Waals surface area contributed by atoms with E-state index in [1.165, 1.54) is 11.1 Å². The molecule has 0 aliphatic heterocycles. The van der Waals surface area contributed by atoms with Gasteiger partial charge in [0.1, 0.15) is 11.2 Å². The number of hydrogen-bond acceptors (Lipinski definition) is 2. The molecule has 0 N–H and O–H groups in total. The van der Waals surface area contributed by atoms with E-state index in [-0.39, 0.29) is 0 Å². The first kappa shape index (κ1) is 12.6. The van der Waals surface area contributed by atoms with Gasteiger partial charge < -0.3 is 0 Å². The van der Waals surface area contributed by atoms with Gasteiger partial charge in [-0.1, -0.05) is 47.5 Å². The van der Waals surface area contributed by atoms with Gasteiger partial charge >= 0.3 is 0 Å². The highest BCUT2D eigenvalue weighted by atomic mass is 16.1. The summed E-state index contributed by atoms with van der Waals surface area (Å²) in [5.41, 5.74) is 6.15. The summed E-state index contributed by atoms with van der Waals surface area (Å²) in [5, 5.41) is 5.41. The Morgan fingerprint density at radius 1 is 1.10 bits per heavy atom. The molecule has 3 nitrogen and oxygen atoms in total.